The molecular weight excluding hydrogens is 904 g/mol. The third kappa shape index (κ3) is 51.6. The molecular formula is C61H107N2O7P. The zero-order valence-electron chi connectivity index (χ0n) is 46.4. The van der Waals surface area contributed by atoms with Gasteiger partial charge in [-0.2, -0.15) is 0 Å². The fraction of sp³-hybridized carbons (Fsp3) is 0.705. The first kappa shape index (κ1) is 67.9. The second-order valence-corrected chi connectivity index (χ2v) is 21.5. The molecule has 1 amide bonds. The molecule has 0 aromatic carbocycles. The minimum absolute atomic E-state index is 0.0358. The number of quaternary nitrogens is 1. The second-order valence-electron chi connectivity index (χ2n) is 20.1. The van der Waals surface area contributed by atoms with E-state index in [1.165, 1.54) is 64.2 Å². The number of phosphoric acid groups is 1. The molecule has 0 aromatic rings. The first-order chi connectivity index (χ1) is 34.4. The van der Waals surface area contributed by atoms with E-state index in [-0.39, 0.29) is 31.3 Å². The third-order valence-corrected chi connectivity index (χ3v) is 13.0. The highest BCUT2D eigenvalue weighted by molar-refractivity contribution is 7.45. The maximum atomic E-state index is 13.5. The number of nitrogens with one attached hydrogen (secondary N) is 1. The van der Waals surface area contributed by atoms with Crippen molar-refractivity contribution in [3.05, 3.63) is 97.2 Å². The van der Waals surface area contributed by atoms with Crippen molar-refractivity contribution in [1.82, 2.24) is 5.32 Å². The summed E-state index contributed by atoms with van der Waals surface area (Å²) in [5.41, 5.74) is 0. The lowest BCUT2D eigenvalue weighted by Gasteiger charge is -2.30. The van der Waals surface area contributed by atoms with Gasteiger partial charge < -0.3 is 28.5 Å². The molecule has 1 N–H and O–H groups in total. The zero-order chi connectivity index (χ0) is 52.2. The van der Waals surface area contributed by atoms with Crippen molar-refractivity contribution < 1.29 is 37.3 Å². The van der Waals surface area contributed by atoms with Crippen molar-refractivity contribution in [1.29, 1.82) is 0 Å². The summed E-state index contributed by atoms with van der Waals surface area (Å²) in [5.74, 6) is -0.600. The van der Waals surface area contributed by atoms with Crippen LogP contribution >= 0.6 is 7.82 Å². The van der Waals surface area contributed by atoms with Crippen molar-refractivity contribution >= 4 is 19.7 Å². The van der Waals surface area contributed by atoms with Crippen molar-refractivity contribution in [2.45, 2.75) is 238 Å². The van der Waals surface area contributed by atoms with E-state index in [1.807, 2.05) is 33.3 Å². The number of amides is 1. The molecule has 0 aromatic heterocycles. The van der Waals surface area contributed by atoms with Gasteiger partial charge in [0.2, 0.25) is 5.91 Å². The smallest absolute Gasteiger partial charge is 0.306 e. The number of carbonyl (C=O) groups excluding carboxylic acids is 2. The Morgan fingerprint density at radius 3 is 1.48 bits per heavy atom. The molecule has 3 atom stereocenters. The Morgan fingerprint density at radius 2 is 0.944 bits per heavy atom. The molecule has 0 saturated heterocycles. The number of carbonyl (C=O) groups is 2. The van der Waals surface area contributed by atoms with Gasteiger partial charge in [0.05, 0.1) is 33.8 Å². The molecule has 0 heterocycles. The second kappa shape index (κ2) is 50.5. The summed E-state index contributed by atoms with van der Waals surface area (Å²) in [5, 5.41) is 2.99. The van der Waals surface area contributed by atoms with Crippen LogP contribution in [0.1, 0.15) is 226 Å². The molecule has 0 aliphatic heterocycles. The van der Waals surface area contributed by atoms with Crippen molar-refractivity contribution in [3.8, 4) is 0 Å². The summed E-state index contributed by atoms with van der Waals surface area (Å²) in [6.07, 6.45) is 66.6. The van der Waals surface area contributed by atoms with Gasteiger partial charge in [0.1, 0.15) is 19.3 Å². The van der Waals surface area contributed by atoms with Crippen LogP contribution in [0.3, 0.4) is 0 Å². The minimum Gasteiger partial charge on any atom is -0.756 e. The SMILES string of the molecule is CC/C=C\C/C=C\C/C=C\C/C=C\C/C=C\CCCCCC(=O)NC(COP(=O)([O-])OCC[N+](C)(C)C)C(/C=C\CCCCCCCCCCC)OC(=O)CCCCCCCC/C=C/C=C/CCCCC. The lowest BCUT2D eigenvalue weighted by atomic mass is 10.1. The van der Waals surface area contributed by atoms with Crippen LogP contribution in [0.15, 0.2) is 97.2 Å². The van der Waals surface area contributed by atoms with Gasteiger partial charge in [-0.25, -0.2) is 0 Å². The molecule has 0 aliphatic carbocycles. The highest BCUT2D eigenvalue weighted by atomic mass is 31.2. The van der Waals surface area contributed by atoms with Gasteiger partial charge in [-0.15, -0.1) is 0 Å². The van der Waals surface area contributed by atoms with Gasteiger partial charge in [-0.1, -0.05) is 208 Å². The normalized spacial score (nSPS) is 14.5. The van der Waals surface area contributed by atoms with Crippen LogP contribution in [0.4, 0.5) is 0 Å². The maximum Gasteiger partial charge on any atom is 0.306 e. The molecule has 0 aliphatic rings. The Bertz CT molecular complexity index is 1540. The van der Waals surface area contributed by atoms with Gasteiger partial charge in [0.25, 0.3) is 7.82 Å². The lowest BCUT2D eigenvalue weighted by Crippen LogP contribution is -2.47. The predicted molar refractivity (Wildman–Crippen MR) is 302 cm³/mol. The molecule has 0 radical (unpaired) electrons. The Balaban J connectivity index is 5.40. The minimum atomic E-state index is -4.71. The Kier molecular flexibility index (Phi) is 48.3. The standard InChI is InChI=1S/C61H107N2O7P/c1-7-10-13-16-19-22-25-27-29-30-31-32-34-35-38-41-44-47-50-53-60(64)62-58(57-69-71(66,67)68-56-55-63(4,5)6)59(52-49-46-43-40-37-24-21-18-15-12-9-3)70-61(65)54-51-48-45-42-39-36-33-28-26-23-20-17-14-11-8-2/h10,13,19-20,22-23,26-29,31-32,35,38,49,52,58-59H,7-9,11-12,14-18,21,24-25,30,33-34,36-37,39-48,50-51,53-57H2,1-6H3,(H-,62,64,66,67)/b13-10-,22-19-,23-20+,28-26+,29-27-,32-31-,38-35-,52-49-. The van der Waals surface area contributed by atoms with Gasteiger partial charge in [0.15, 0.2) is 0 Å². The van der Waals surface area contributed by atoms with Gasteiger partial charge in [-0.3, -0.25) is 14.2 Å². The van der Waals surface area contributed by atoms with E-state index in [0.29, 0.717) is 23.9 Å². The van der Waals surface area contributed by atoms with Crippen LogP contribution in [0.2, 0.25) is 0 Å². The maximum absolute atomic E-state index is 13.5. The van der Waals surface area contributed by atoms with Crippen LogP contribution in [0.5, 0.6) is 0 Å². The highest BCUT2D eigenvalue weighted by Gasteiger charge is 2.27. The Hall–Kier alpha value is -3.07. The van der Waals surface area contributed by atoms with Crippen LogP contribution in [0, 0.1) is 0 Å². The number of nitrogens with zero attached hydrogens (tertiary/aromatic N) is 1. The molecule has 0 bridgehead atoms. The van der Waals surface area contributed by atoms with E-state index in [9.17, 15) is 19.0 Å². The number of allylic oxidation sites excluding steroid dienone is 15. The number of rotatable bonds is 50. The van der Waals surface area contributed by atoms with Crippen LogP contribution in [0.25, 0.3) is 0 Å². The number of hydrogen-bond acceptors (Lipinski definition) is 7. The number of ether oxygens (including phenoxy) is 1. The van der Waals surface area contributed by atoms with Crippen molar-refractivity contribution in [2.24, 2.45) is 0 Å². The summed E-state index contributed by atoms with van der Waals surface area (Å²) >= 11 is 0. The van der Waals surface area contributed by atoms with Crippen LogP contribution in [-0.4, -0.2) is 69.4 Å². The number of likely N-dealkylation sites (N-methyl/N-ethyl adjacent to an activating group) is 1. The summed E-state index contributed by atoms with van der Waals surface area (Å²) < 4.78 is 30.2. The highest BCUT2D eigenvalue weighted by Crippen LogP contribution is 2.38. The van der Waals surface area contributed by atoms with E-state index in [2.05, 4.69) is 111 Å². The largest absolute Gasteiger partial charge is 0.756 e. The van der Waals surface area contributed by atoms with Gasteiger partial charge in [-0.05, 0) is 102 Å². The zero-order valence-corrected chi connectivity index (χ0v) is 47.3. The fourth-order valence-corrected chi connectivity index (χ4v) is 8.32. The van der Waals surface area contributed by atoms with Gasteiger partial charge in [0, 0.05) is 12.8 Å². The van der Waals surface area contributed by atoms with E-state index in [0.717, 1.165) is 116 Å². The summed E-state index contributed by atoms with van der Waals surface area (Å²) in [6, 6.07) is -0.915. The fourth-order valence-electron chi connectivity index (χ4n) is 7.60. The quantitative estimate of drug-likeness (QED) is 0.0161. The topological polar surface area (TPSA) is 114 Å². The average Bonchev–Trinajstić information content (AvgIpc) is 3.33. The van der Waals surface area contributed by atoms with Crippen LogP contribution in [-0.2, 0) is 27.9 Å². The number of phosphoric ester groups is 1. The molecule has 71 heavy (non-hydrogen) atoms. The molecule has 10 heteroatoms. The predicted octanol–water partition coefficient (Wildman–Crippen LogP) is 16.6. The number of hydrogen-bond donors (Lipinski definition) is 1. The van der Waals surface area contributed by atoms with Crippen LogP contribution < -0.4 is 10.2 Å². The molecule has 0 rings (SSSR count). The van der Waals surface area contributed by atoms with E-state index in [4.69, 9.17) is 13.8 Å². The van der Waals surface area contributed by atoms with Crippen molar-refractivity contribution in [3.63, 3.8) is 0 Å². The summed E-state index contributed by atoms with van der Waals surface area (Å²) in [6.45, 7) is 6.64. The monoisotopic (exact) mass is 1010 g/mol. The first-order valence-electron chi connectivity index (χ1n) is 28.6. The molecule has 0 saturated carbocycles. The van der Waals surface area contributed by atoms with E-state index >= 15 is 0 Å². The number of unbranched alkanes of at least 4 members (excludes halogenated alkanes) is 21. The van der Waals surface area contributed by atoms with Gasteiger partial charge >= 0.3 is 5.97 Å². The van der Waals surface area contributed by atoms with E-state index in [1.54, 1.807) is 0 Å². The van der Waals surface area contributed by atoms with E-state index < -0.39 is 26.6 Å². The first-order valence-corrected chi connectivity index (χ1v) is 30.0. The Labute approximate surface area is 437 Å². The summed E-state index contributed by atoms with van der Waals surface area (Å²) in [4.78, 5) is 39.8. The third-order valence-electron chi connectivity index (χ3n) is 12.0. The van der Waals surface area contributed by atoms with Crippen molar-refractivity contribution in [2.75, 3.05) is 40.9 Å². The molecule has 3 unspecified atom stereocenters. The Morgan fingerprint density at radius 1 is 0.521 bits per heavy atom. The molecule has 0 spiro atoms. The lowest BCUT2D eigenvalue weighted by molar-refractivity contribution is -0.870. The number of esters is 1. The average molecular weight is 1010 g/mol. The molecule has 0 fully saturated rings. The molecule has 9 nitrogen and oxygen atoms in total. The molecule has 408 valence electrons. The summed E-state index contributed by atoms with van der Waals surface area (Å²) in [7, 11) is 1.14.